The molecule has 4 nitrogen and oxygen atoms in total. The van der Waals surface area contributed by atoms with Gasteiger partial charge < -0.3 is 8.80 Å². The number of nitrogens with zero attached hydrogens (tertiary/aromatic N) is 4. The summed E-state index contributed by atoms with van der Waals surface area (Å²) < 4.78 is 5.00. The van der Waals surface area contributed by atoms with E-state index in [9.17, 15) is 0 Å². The molecule has 0 aliphatic heterocycles. The molecule has 0 bridgehead atoms. The lowest BCUT2D eigenvalue weighted by molar-refractivity contribution is 1.18. The Labute approximate surface area is 322 Å². The van der Waals surface area contributed by atoms with Crippen molar-refractivity contribution in [1.29, 1.82) is 0 Å². The first-order chi connectivity index (χ1) is 27.8. The van der Waals surface area contributed by atoms with Crippen molar-refractivity contribution in [3.8, 4) is 45.0 Å². The molecule has 0 amide bonds. The van der Waals surface area contributed by atoms with E-state index >= 15 is 0 Å². The van der Waals surface area contributed by atoms with Crippen LogP contribution in [-0.2, 0) is 0 Å². The summed E-state index contributed by atoms with van der Waals surface area (Å²) in [6, 6.07) is 69.6. The van der Waals surface area contributed by atoms with Crippen LogP contribution in [0.15, 0.2) is 194 Å². The Balaban J connectivity index is 1.10. The van der Waals surface area contributed by atoms with Crippen LogP contribution in [0.25, 0.3) is 110 Å². The zero-order valence-electron chi connectivity index (χ0n) is 30.3. The topological polar surface area (TPSA) is 34.6 Å². The Kier molecular flexibility index (Phi) is 6.60. The molecule has 8 aromatic carbocycles. The van der Waals surface area contributed by atoms with Crippen molar-refractivity contribution in [3.63, 3.8) is 0 Å². The van der Waals surface area contributed by atoms with Gasteiger partial charge in [0, 0.05) is 49.0 Å². The molecule has 4 aromatic heterocycles. The maximum Gasteiger partial charge on any atom is 0.160 e. The SMILES string of the molecule is c1ccc(-c2cc(-c3ccccc3)nc(-c3ccc(-c4ccc5c(c4)c4ccccc4n4c6ccccc6c6ccc7c8ccccc8n5c7c64)cc3)n2)cc1. The van der Waals surface area contributed by atoms with Gasteiger partial charge in [0.05, 0.1) is 44.5 Å². The van der Waals surface area contributed by atoms with Gasteiger partial charge in [0.25, 0.3) is 0 Å². The fourth-order valence-electron chi connectivity index (χ4n) is 8.93. The molecule has 0 saturated heterocycles. The van der Waals surface area contributed by atoms with Crippen molar-refractivity contribution < 1.29 is 0 Å². The molecule has 0 aliphatic rings. The van der Waals surface area contributed by atoms with Crippen LogP contribution in [0.3, 0.4) is 0 Å². The van der Waals surface area contributed by atoms with Crippen molar-refractivity contribution in [2.24, 2.45) is 0 Å². The molecule has 0 atom stereocenters. The van der Waals surface area contributed by atoms with Crippen molar-refractivity contribution in [3.05, 3.63) is 194 Å². The number of benzene rings is 8. The van der Waals surface area contributed by atoms with Crippen molar-refractivity contribution >= 4 is 65.4 Å². The van der Waals surface area contributed by atoms with Crippen molar-refractivity contribution in [2.75, 3.05) is 0 Å². The highest BCUT2D eigenvalue weighted by molar-refractivity contribution is 6.25. The number of hydrogen-bond acceptors (Lipinski definition) is 2. The van der Waals surface area contributed by atoms with Crippen LogP contribution >= 0.6 is 0 Å². The smallest absolute Gasteiger partial charge is 0.160 e. The molecule has 12 aromatic rings. The van der Waals surface area contributed by atoms with Crippen molar-refractivity contribution in [2.45, 2.75) is 0 Å². The van der Waals surface area contributed by atoms with E-state index in [4.69, 9.17) is 9.97 Å². The molecule has 12 rings (SSSR count). The Morgan fingerprint density at radius 2 is 0.679 bits per heavy atom. The average molecular weight is 713 g/mol. The van der Waals surface area contributed by atoms with E-state index in [-0.39, 0.29) is 0 Å². The monoisotopic (exact) mass is 712 g/mol. The van der Waals surface area contributed by atoms with Gasteiger partial charge in [-0.25, -0.2) is 9.97 Å². The predicted molar refractivity (Wildman–Crippen MR) is 233 cm³/mol. The molecular weight excluding hydrogens is 681 g/mol. The van der Waals surface area contributed by atoms with Crippen LogP contribution in [0.5, 0.6) is 0 Å². The largest absolute Gasteiger partial charge is 0.307 e. The number of para-hydroxylation sites is 3. The molecule has 4 heterocycles. The highest BCUT2D eigenvalue weighted by Gasteiger charge is 2.20. The molecule has 0 fully saturated rings. The Hall–Kier alpha value is -7.56. The molecule has 0 unspecified atom stereocenters. The van der Waals surface area contributed by atoms with E-state index in [1.807, 2.05) is 12.1 Å². The highest BCUT2D eigenvalue weighted by Crippen LogP contribution is 2.42. The van der Waals surface area contributed by atoms with Gasteiger partial charge in [-0.15, -0.1) is 0 Å². The lowest BCUT2D eigenvalue weighted by atomic mass is 10.00. The third-order valence-electron chi connectivity index (χ3n) is 11.5. The van der Waals surface area contributed by atoms with E-state index in [0.29, 0.717) is 5.82 Å². The van der Waals surface area contributed by atoms with Gasteiger partial charge in [-0.1, -0.05) is 158 Å². The minimum atomic E-state index is 0.705. The van der Waals surface area contributed by atoms with Gasteiger partial charge in [-0.05, 0) is 47.5 Å². The fourth-order valence-corrected chi connectivity index (χ4v) is 8.93. The van der Waals surface area contributed by atoms with E-state index < -0.39 is 0 Å². The Bertz CT molecular complexity index is 3450. The maximum absolute atomic E-state index is 5.08. The summed E-state index contributed by atoms with van der Waals surface area (Å²) >= 11 is 0. The second-order valence-electron chi connectivity index (χ2n) is 14.6. The summed E-state index contributed by atoms with van der Waals surface area (Å²) in [4.78, 5) is 10.2. The first-order valence-corrected chi connectivity index (χ1v) is 19.1. The van der Waals surface area contributed by atoms with Crippen molar-refractivity contribution in [1.82, 2.24) is 18.8 Å². The normalized spacial score (nSPS) is 11.9. The Morgan fingerprint density at radius 3 is 1.20 bits per heavy atom. The van der Waals surface area contributed by atoms with Gasteiger partial charge in [-0.2, -0.15) is 0 Å². The van der Waals surface area contributed by atoms with E-state index in [1.165, 1.54) is 65.4 Å². The van der Waals surface area contributed by atoms with Gasteiger partial charge in [-0.3, -0.25) is 0 Å². The van der Waals surface area contributed by atoms with Gasteiger partial charge >= 0.3 is 0 Å². The molecule has 0 N–H and O–H groups in total. The van der Waals surface area contributed by atoms with Crippen LogP contribution in [-0.4, -0.2) is 18.8 Å². The van der Waals surface area contributed by atoms with Crippen LogP contribution in [0, 0.1) is 0 Å². The molecule has 0 saturated carbocycles. The average Bonchev–Trinajstić information content (AvgIpc) is 3.79. The highest BCUT2D eigenvalue weighted by atomic mass is 15.0. The van der Waals surface area contributed by atoms with Crippen LogP contribution < -0.4 is 0 Å². The van der Waals surface area contributed by atoms with Gasteiger partial charge in [0.15, 0.2) is 5.82 Å². The molecule has 0 radical (unpaired) electrons. The molecule has 4 heteroatoms. The summed E-state index contributed by atoms with van der Waals surface area (Å²) in [5.41, 5.74) is 14.4. The third-order valence-corrected chi connectivity index (χ3v) is 11.5. The maximum atomic E-state index is 5.08. The number of hydrogen-bond donors (Lipinski definition) is 0. The minimum Gasteiger partial charge on any atom is -0.307 e. The summed E-state index contributed by atoms with van der Waals surface area (Å²) in [6.45, 7) is 0. The summed E-state index contributed by atoms with van der Waals surface area (Å²) in [5, 5.41) is 7.43. The first-order valence-electron chi connectivity index (χ1n) is 19.1. The van der Waals surface area contributed by atoms with E-state index in [0.717, 1.165) is 39.2 Å². The molecule has 56 heavy (non-hydrogen) atoms. The third kappa shape index (κ3) is 4.53. The number of rotatable bonds is 4. The summed E-state index contributed by atoms with van der Waals surface area (Å²) in [7, 11) is 0. The first kappa shape index (κ1) is 30.9. The van der Waals surface area contributed by atoms with Gasteiger partial charge in [0.2, 0.25) is 0 Å². The van der Waals surface area contributed by atoms with Crippen LogP contribution in [0.1, 0.15) is 0 Å². The van der Waals surface area contributed by atoms with E-state index in [2.05, 4.69) is 191 Å². The summed E-state index contributed by atoms with van der Waals surface area (Å²) in [6.07, 6.45) is 0. The lowest BCUT2D eigenvalue weighted by Gasteiger charge is -2.13. The lowest BCUT2D eigenvalue weighted by Crippen LogP contribution is -1.96. The summed E-state index contributed by atoms with van der Waals surface area (Å²) in [5.74, 6) is 0.705. The zero-order valence-corrected chi connectivity index (χ0v) is 30.3. The minimum absolute atomic E-state index is 0.705. The molecule has 0 aliphatic carbocycles. The van der Waals surface area contributed by atoms with Crippen LogP contribution in [0.2, 0.25) is 0 Å². The zero-order chi connectivity index (χ0) is 36.7. The standard InChI is InChI=1S/C52H32N4/c1-3-13-34(14-4-1)44-32-45(35-15-5-2-6-16-35)54-52(53-44)36-25-23-33(24-26-36)37-27-30-49-43(31-37)40-19-9-12-22-48(40)55-46-20-10-7-17-38(46)41-28-29-42-39-18-8-11-21-47(39)56(49)51(42)50(41)55/h1-32H. The molecule has 260 valence electrons. The molecular formula is C52H32N4. The number of fused-ring (bicyclic) bond motifs is 11. The predicted octanol–water partition coefficient (Wildman–Crippen LogP) is 13.4. The van der Waals surface area contributed by atoms with Gasteiger partial charge in [0.1, 0.15) is 0 Å². The quantitative estimate of drug-likeness (QED) is 0.182. The number of aromatic nitrogens is 4. The second kappa shape index (κ2) is 12.0. The molecule has 0 spiro atoms. The van der Waals surface area contributed by atoms with Crippen LogP contribution in [0.4, 0.5) is 0 Å². The second-order valence-corrected chi connectivity index (χ2v) is 14.6. The Morgan fingerprint density at radius 1 is 0.268 bits per heavy atom. The van der Waals surface area contributed by atoms with E-state index in [1.54, 1.807) is 0 Å². The fraction of sp³-hybridized carbons (Fsp3) is 0.